The molecule has 0 saturated heterocycles. The Bertz CT molecular complexity index is 306. The van der Waals surface area contributed by atoms with Crippen LogP contribution in [-0.4, -0.2) is 17.8 Å². The van der Waals surface area contributed by atoms with E-state index in [1.165, 1.54) is 31.2 Å². The molecule has 1 atom stereocenters. The fraction of sp³-hybridized carbons (Fsp3) is 0.600. The summed E-state index contributed by atoms with van der Waals surface area (Å²) in [5.41, 5.74) is 1.29. The van der Waals surface area contributed by atoms with Gasteiger partial charge in [0.25, 0.3) is 0 Å². The quantitative estimate of drug-likeness (QED) is 0.792. The summed E-state index contributed by atoms with van der Waals surface area (Å²) < 4.78 is 0. The minimum Gasteiger partial charge on any atom is -0.395 e. The van der Waals surface area contributed by atoms with Gasteiger partial charge in [0.1, 0.15) is 0 Å². The van der Waals surface area contributed by atoms with Crippen LogP contribution in [0.1, 0.15) is 37.7 Å². The zero-order chi connectivity index (χ0) is 11.9. The van der Waals surface area contributed by atoms with Gasteiger partial charge >= 0.3 is 0 Å². The number of hydrogen-bond acceptors (Lipinski definition) is 2. The Hall–Kier alpha value is -0.860. The first-order chi connectivity index (χ1) is 8.38. The lowest BCUT2D eigenvalue weighted by Gasteiger charge is -2.20. The zero-order valence-electron chi connectivity index (χ0n) is 10.4. The Balaban J connectivity index is 1.75. The molecule has 2 heteroatoms. The molecule has 0 aromatic heterocycles. The van der Waals surface area contributed by atoms with E-state index >= 15 is 0 Å². The van der Waals surface area contributed by atoms with Gasteiger partial charge in [0.2, 0.25) is 0 Å². The molecule has 1 aromatic rings. The fourth-order valence-electron chi connectivity index (χ4n) is 2.73. The molecule has 94 valence electrons. The van der Waals surface area contributed by atoms with Crippen LogP contribution < -0.4 is 5.32 Å². The highest BCUT2D eigenvalue weighted by atomic mass is 16.3. The van der Waals surface area contributed by atoms with Crippen LogP contribution in [0.2, 0.25) is 0 Å². The molecule has 0 spiro atoms. The average Bonchev–Trinajstić information content (AvgIpc) is 2.88. The lowest BCUT2D eigenvalue weighted by Crippen LogP contribution is -2.33. The van der Waals surface area contributed by atoms with Crippen molar-refractivity contribution in [3.05, 3.63) is 35.9 Å². The van der Waals surface area contributed by atoms with Gasteiger partial charge in [-0.1, -0.05) is 56.0 Å². The maximum absolute atomic E-state index is 9.40. The SMILES string of the molecule is OCC(CC1CCCC1)NCc1ccccc1. The van der Waals surface area contributed by atoms with Crippen LogP contribution in [0.4, 0.5) is 0 Å². The average molecular weight is 233 g/mol. The molecule has 2 N–H and O–H groups in total. The fourth-order valence-corrected chi connectivity index (χ4v) is 2.73. The summed E-state index contributed by atoms with van der Waals surface area (Å²) in [5.74, 6) is 0.829. The normalized spacial score (nSPS) is 18.4. The van der Waals surface area contributed by atoms with Gasteiger partial charge in [-0.25, -0.2) is 0 Å². The van der Waals surface area contributed by atoms with Gasteiger partial charge in [-0.3, -0.25) is 0 Å². The van der Waals surface area contributed by atoms with Crippen molar-refractivity contribution in [3.63, 3.8) is 0 Å². The van der Waals surface area contributed by atoms with Gasteiger partial charge in [-0.05, 0) is 17.9 Å². The molecule has 1 aromatic carbocycles. The van der Waals surface area contributed by atoms with Crippen molar-refractivity contribution in [1.29, 1.82) is 0 Å². The van der Waals surface area contributed by atoms with Crippen LogP contribution in [0.3, 0.4) is 0 Å². The van der Waals surface area contributed by atoms with Crippen molar-refractivity contribution in [2.45, 2.75) is 44.7 Å². The third-order valence-corrected chi connectivity index (χ3v) is 3.75. The smallest absolute Gasteiger partial charge is 0.0584 e. The zero-order valence-corrected chi connectivity index (χ0v) is 10.4. The molecule has 0 amide bonds. The Kier molecular flexibility index (Phi) is 5.02. The monoisotopic (exact) mass is 233 g/mol. The van der Waals surface area contributed by atoms with Crippen molar-refractivity contribution in [2.75, 3.05) is 6.61 Å². The Morgan fingerprint density at radius 2 is 1.88 bits per heavy atom. The highest BCUT2D eigenvalue weighted by Gasteiger charge is 2.19. The second-order valence-electron chi connectivity index (χ2n) is 5.13. The first kappa shape index (κ1) is 12.6. The van der Waals surface area contributed by atoms with E-state index in [0.29, 0.717) is 0 Å². The molecule has 1 aliphatic carbocycles. The Labute approximate surface area is 104 Å². The summed E-state index contributed by atoms with van der Waals surface area (Å²) in [7, 11) is 0. The Morgan fingerprint density at radius 1 is 1.18 bits per heavy atom. The molecule has 17 heavy (non-hydrogen) atoms. The molecule has 0 bridgehead atoms. The molecule has 1 fully saturated rings. The van der Waals surface area contributed by atoms with E-state index in [1.54, 1.807) is 0 Å². The maximum atomic E-state index is 9.40. The molecule has 0 aliphatic heterocycles. The molecule has 1 unspecified atom stereocenters. The number of hydrogen-bond donors (Lipinski definition) is 2. The predicted molar refractivity (Wildman–Crippen MR) is 70.7 cm³/mol. The van der Waals surface area contributed by atoms with Crippen LogP contribution >= 0.6 is 0 Å². The minimum atomic E-state index is 0.253. The Morgan fingerprint density at radius 3 is 2.53 bits per heavy atom. The molecule has 0 heterocycles. The van der Waals surface area contributed by atoms with E-state index in [9.17, 15) is 5.11 Å². The van der Waals surface area contributed by atoms with Crippen molar-refractivity contribution < 1.29 is 5.11 Å². The van der Waals surface area contributed by atoms with E-state index in [0.717, 1.165) is 18.9 Å². The summed E-state index contributed by atoms with van der Waals surface area (Å²) in [6, 6.07) is 10.7. The van der Waals surface area contributed by atoms with Gasteiger partial charge in [-0.2, -0.15) is 0 Å². The van der Waals surface area contributed by atoms with E-state index in [-0.39, 0.29) is 12.6 Å². The van der Waals surface area contributed by atoms with Crippen LogP contribution in [0.25, 0.3) is 0 Å². The topological polar surface area (TPSA) is 32.3 Å². The number of nitrogens with one attached hydrogen (secondary N) is 1. The standard InChI is InChI=1S/C15H23NO/c17-12-15(10-13-6-4-5-7-13)16-11-14-8-2-1-3-9-14/h1-3,8-9,13,15-17H,4-7,10-12H2. The largest absolute Gasteiger partial charge is 0.395 e. The minimum absolute atomic E-state index is 0.253. The number of rotatable bonds is 6. The van der Waals surface area contributed by atoms with E-state index in [2.05, 4.69) is 29.6 Å². The first-order valence-corrected chi connectivity index (χ1v) is 6.76. The first-order valence-electron chi connectivity index (χ1n) is 6.76. The molecular formula is C15H23NO. The van der Waals surface area contributed by atoms with Crippen molar-refractivity contribution in [1.82, 2.24) is 5.32 Å². The number of benzene rings is 1. The van der Waals surface area contributed by atoms with Gasteiger partial charge < -0.3 is 10.4 Å². The molecule has 2 rings (SSSR count). The lowest BCUT2D eigenvalue weighted by molar-refractivity contribution is 0.218. The van der Waals surface area contributed by atoms with Gasteiger partial charge in [0.15, 0.2) is 0 Å². The summed E-state index contributed by atoms with van der Waals surface area (Å²) in [5, 5.41) is 12.9. The van der Waals surface area contributed by atoms with Crippen LogP contribution in [0.5, 0.6) is 0 Å². The molecule has 1 aliphatic rings. The molecular weight excluding hydrogens is 210 g/mol. The highest BCUT2D eigenvalue weighted by Crippen LogP contribution is 2.28. The van der Waals surface area contributed by atoms with Gasteiger partial charge in [-0.15, -0.1) is 0 Å². The lowest BCUT2D eigenvalue weighted by atomic mass is 9.98. The van der Waals surface area contributed by atoms with E-state index < -0.39 is 0 Å². The third kappa shape index (κ3) is 4.14. The number of aliphatic hydroxyl groups is 1. The molecule has 2 nitrogen and oxygen atoms in total. The van der Waals surface area contributed by atoms with Gasteiger partial charge in [0.05, 0.1) is 6.61 Å². The summed E-state index contributed by atoms with van der Waals surface area (Å²) >= 11 is 0. The number of aliphatic hydroxyl groups excluding tert-OH is 1. The van der Waals surface area contributed by atoms with Crippen molar-refractivity contribution >= 4 is 0 Å². The highest BCUT2D eigenvalue weighted by molar-refractivity contribution is 5.14. The van der Waals surface area contributed by atoms with E-state index in [4.69, 9.17) is 0 Å². The molecule has 0 radical (unpaired) electrons. The van der Waals surface area contributed by atoms with E-state index in [1.807, 2.05) is 6.07 Å². The molecule has 1 saturated carbocycles. The summed E-state index contributed by atoms with van der Waals surface area (Å²) in [6.07, 6.45) is 6.58. The van der Waals surface area contributed by atoms with Crippen LogP contribution in [0, 0.1) is 5.92 Å². The van der Waals surface area contributed by atoms with Gasteiger partial charge in [0, 0.05) is 12.6 Å². The second-order valence-corrected chi connectivity index (χ2v) is 5.13. The third-order valence-electron chi connectivity index (χ3n) is 3.75. The maximum Gasteiger partial charge on any atom is 0.0584 e. The summed E-state index contributed by atoms with van der Waals surface area (Å²) in [4.78, 5) is 0. The predicted octanol–water partition coefficient (Wildman–Crippen LogP) is 2.72. The van der Waals surface area contributed by atoms with Crippen molar-refractivity contribution in [2.24, 2.45) is 5.92 Å². The van der Waals surface area contributed by atoms with Crippen molar-refractivity contribution in [3.8, 4) is 0 Å². The van der Waals surface area contributed by atoms with Crippen LogP contribution in [-0.2, 0) is 6.54 Å². The van der Waals surface area contributed by atoms with Crippen LogP contribution in [0.15, 0.2) is 30.3 Å². The summed E-state index contributed by atoms with van der Waals surface area (Å²) in [6.45, 7) is 1.11. The second kappa shape index (κ2) is 6.77.